The molecule has 0 spiro atoms. The Labute approximate surface area is 137 Å². The second-order valence-electron chi connectivity index (χ2n) is 6.18. The summed E-state index contributed by atoms with van der Waals surface area (Å²) < 4.78 is 24.1. The van der Waals surface area contributed by atoms with Gasteiger partial charge in [-0.05, 0) is 19.3 Å². The van der Waals surface area contributed by atoms with Gasteiger partial charge in [-0.3, -0.25) is 0 Å². The number of ether oxygens (including phenoxy) is 4. The fraction of sp³-hybridized carbons (Fsp3) is 1.00. The molecule has 0 aromatic heterocycles. The van der Waals surface area contributed by atoms with Crippen molar-refractivity contribution in [3.63, 3.8) is 0 Å². The Hall–Kier alpha value is -0.0951. The summed E-state index contributed by atoms with van der Waals surface area (Å²) in [6.45, 7) is 9.45. The van der Waals surface area contributed by atoms with Crippen molar-refractivity contribution in [1.82, 2.24) is 0 Å². The van der Waals surface area contributed by atoms with Gasteiger partial charge in [-0.25, -0.2) is 0 Å². The van der Waals surface area contributed by atoms with Crippen LogP contribution >= 0.6 is 0 Å². The second kappa shape index (κ2) is 12.3. The Morgan fingerprint density at radius 1 is 0.818 bits per heavy atom. The summed E-state index contributed by atoms with van der Waals surface area (Å²) in [7, 11) is 2.08. The monoisotopic (exact) mass is 314 g/mol. The lowest BCUT2D eigenvalue weighted by molar-refractivity contribution is -0.213. The Morgan fingerprint density at radius 2 is 1.32 bits per heavy atom. The van der Waals surface area contributed by atoms with Gasteiger partial charge in [0.15, 0.2) is 0 Å². The minimum absolute atomic E-state index is 0.00812. The highest BCUT2D eigenvalue weighted by Gasteiger charge is 2.40. The van der Waals surface area contributed by atoms with Crippen LogP contribution in [-0.4, -0.2) is 58.6 Å². The SMILES string of the molecule is B[C@@H]1OC[C@@H](OCCCC)[C@H](OCCCC)C1OCCCC. The molecule has 0 aliphatic carbocycles. The fourth-order valence-corrected chi connectivity index (χ4v) is 2.60. The minimum atomic E-state index is -0.0243. The molecule has 4 atom stereocenters. The van der Waals surface area contributed by atoms with E-state index in [2.05, 4.69) is 28.6 Å². The zero-order valence-corrected chi connectivity index (χ0v) is 15.0. The third kappa shape index (κ3) is 6.99. The Bertz CT molecular complexity index is 265. The standard InChI is InChI=1S/C17H35BO4/c1-4-7-10-19-14-13-22-17(18)16(21-12-9-6-3)15(14)20-11-8-5-2/h14-17H,4-13,18H2,1-3H3/t14-,15+,16?,17-/m1/s1. The van der Waals surface area contributed by atoms with Crippen LogP contribution in [0.1, 0.15) is 59.3 Å². The molecule has 1 saturated heterocycles. The van der Waals surface area contributed by atoms with Crippen LogP contribution in [0.25, 0.3) is 0 Å². The molecule has 0 N–H and O–H groups in total. The van der Waals surface area contributed by atoms with Crippen molar-refractivity contribution in [2.24, 2.45) is 0 Å². The van der Waals surface area contributed by atoms with E-state index in [1.54, 1.807) is 0 Å². The largest absolute Gasteiger partial charge is 0.382 e. The van der Waals surface area contributed by atoms with E-state index in [9.17, 15) is 0 Å². The molecule has 0 aromatic rings. The quantitative estimate of drug-likeness (QED) is 0.410. The molecule has 0 radical (unpaired) electrons. The maximum atomic E-state index is 6.15. The Kier molecular flexibility index (Phi) is 11.2. The van der Waals surface area contributed by atoms with Gasteiger partial charge in [-0.15, -0.1) is 0 Å². The fourth-order valence-electron chi connectivity index (χ4n) is 2.60. The molecule has 0 amide bonds. The summed E-state index contributed by atoms with van der Waals surface area (Å²) in [4.78, 5) is 0. The highest BCUT2D eigenvalue weighted by Crippen LogP contribution is 2.23. The Morgan fingerprint density at radius 3 is 1.86 bits per heavy atom. The van der Waals surface area contributed by atoms with Crippen LogP contribution < -0.4 is 0 Å². The van der Waals surface area contributed by atoms with Crippen molar-refractivity contribution in [3.05, 3.63) is 0 Å². The molecular formula is C17H35BO4. The summed E-state index contributed by atoms with van der Waals surface area (Å²) in [5, 5.41) is 0. The van der Waals surface area contributed by atoms with Crippen LogP contribution in [0.5, 0.6) is 0 Å². The van der Waals surface area contributed by atoms with E-state index >= 15 is 0 Å². The molecule has 130 valence electrons. The van der Waals surface area contributed by atoms with E-state index in [1.807, 2.05) is 0 Å². The van der Waals surface area contributed by atoms with Crippen molar-refractivity contribution in [1.29, 1.82) is 0 Å². The van der Waals surface area contributed by atoms with Crippen LogP contribution in [0.3, 0.4) is 0 Å². The molecule has 1 aliphatic rings. The predicted octanol–water partition coefficient (Wildman–Crippen LogP) is 2.53. The topological polar surface area (TPSA) is 36.9 Å². The lowest BCUT2D eigenvalue weighted by Crippen LogP contribution is -2.56. The number of hydrogen-bond acceptors (Lipinski definition) is 4. The van der Waals surface area contributed by atoms with E-state index in [0.717, 1.165) is 58.3 Å². The highest BCUT2D eigenvalue weighted by molar-refractivity contribution is 6.11. The normalized spacial score (nSPS) is 28.9. The van der Waals surface area contributed by atoms with Gasteiger partial charge in [0.25, 0.3) is 0 Å². The smallest absolute Gasteiger partial charge is 0.142 e. The maximum Gasteiger partial charge on any atom is 0.142 e. The van der Waals surface area contributed by atoms with E-state index in [-0.39, 0.29) is 24.3 Å². The van der Waals surface area contributed by atoms with Gasteiger partial charge in [-0.2, -0.15) is 0 Å². The second-order valence-corrected chi connectivity index (χ2v) is 6.18. The van der Waals surface area contributed by atoms with Gasteiger partial charge in [0.05, 0.1) is 12.6 Å². The first kappa shape index (κ1) is 20.0. The first-order valence-corrected chi connectivity index (χ1v) is 9.20. The zero-order valence-electron chi connectivity index (χ0n) is 15.0. The summed E-state index contributed by atoms with van der Waals surface area (Å²) in [5.41, 5.74) is 0. The van der Waals surface area contributed by atoms with Crippen LogP contribution in [0, 0.1) is 0 Å². The van der Waals surface area contributed by atoms with Gasteiger partial charge in [0.1, 0.15) is 26.2 Å². The molecule has 0 saturated carbocycles. The number of rotatable bonds is 12. The summed E-state index contributed by atoms with van der Waals surface area (Å²) in [6, 6.07) is 0.0644. The third-order valence-electron chi connectivity index (χ3n) is 4.12. The molecule has 1 rings (SSSR count). The molecule has 4 nitrogen and oxygen atoms in total. The van der Waals surface area contributed by atoms with Crippen molar-refractivity contribution in [3.8, 4) is 0 Å². The number of hydrogen-bond donors (Lipinski definition) is 0. The van der Waals surface area contributed by atoms with E-state index in [4.69, 9.17) is 18.9 Å². The van der Waals surface area contributed by atoms with Crippen molar-refractivity contribution < 1.29 is 18.9 Å². The highest BCUT2D eigenvalue weighted by atomic mass is 16.6. The lowest BCUT2D eigenvalue weighted by atomic mass is 9.86. The molecule has 1 aliphatic heterocycles. The minimum Gasteiger partial charge on any atom is -0.382 e. The predicted molar refractivity (Wildman–Crippen MR) is 92.2 cm³/mol. The van der Waals surface area contributed by atoms with Gasteiger partial charge in [-0.1, -0.05) is 40.0 Å². The summed E-state index contributed by atoms with van der Waals surface area (Å²) in [5.74, 6) is 0. The number of unbranched alkanes of at least 4 members (excludes halogenated alkanes) is 3. The molecule has 1 unspecified atom stereocenters. The average Bonchev–Trinajstić information content (AvgIpc) is 2.52. The Balaban J connectivity index is 2.59. The van der Waals surface area contributed by atoms with Gasteiger partial charge in [0, 0.05) is 19.8 Å². The summed E-state index contributed by atoms with van der Waals surface area (Å²) >= 11 is 0. The van der Waals surface area contributed by atoms with E-state index < -0.39 is 0 Å². The molecule has 5 heteroatoms. The van der Waals surface area contributed by atoms with Gasteiger partial charge < -0.3 is 18.9 Å². The van der Waals surface area contributed by atoms with Crippen LogP contribution in [0.2, 0.25) is 0 Å². The molecule has 0 aromatic carbocycles. The molecule has 1 heterocycles. The molecular weight excluding hydrogens is 279 g/mol. The first-order chi connectivity index (χ1) is 10.7. The molecule has 1 fully saturated rings. The van der Waals surface area contributed by atoms with Gasteiger partial charge >= 0.3 is 0 Å². The van der Waals surface area contributed by atoms with Gasteiger partial charge in [0.2, 0.25) is 0 Å². The van der Waals surface area contributed by atoms with E-state index in [1.165, 1.54) is 0 Å². The van der Waals surface area contributed by atoms with E-state index in [0.29, 0.717) is 6.61 Å². The lowest BCUT2D eigenvalue weighted by Gasteiger charge is -2.41. The van der Waals surface area contributed by atoms with Crippen molar-refractivity contribution in [2.75, 3.05) is 26.4 Å². The average molecular weight is 314 g/mol. The first-order valence-electron chi connectivity index (χ1n) is 9.20. The van der Waals surface area contributed by atoms with Crippen LogP contribution in [-0.2, 0) is 18.9 Å². The molecule has 22 heavy (non-hydrogen) atoms. The van der Waals surface area contributed by atoms with Crippen LogP contribution in [0.15, 0.2) is 0 Å². The van der Waals surface area contributed by atoms with Crippen molar-refractivity contribution in [2.45, 2.75) is 83.6 Å². The van der Waals surface area contributed by atoms with Crippen LogP contribution in [0.4, 0.5) is 0 Å². The zero-order chi connectivity index (χ0) is 16.2. The summed E-state index contributed by atoms with van der Waals surface area (Å²) in [6.07, 6.45) is 6.61. The maximum absolute atomic E-state index is 6.15. The molecule has 0 bridgehead atoms. The van der Waals surface area contributed by atoms with Crippen molar-refractivity contribution >= 4 is 7.85 Å². The third-order valence-corrected chi connectivity index (χ3v) is 4.12.